The number of para-hydroxylation sites is 1. The molecule has 0 aliphatic heterocycles. The third-order valence-corrected chi connectivity index (χ3v) is 4.06. The van der Waals surface area contributed by atoms with Gasteiger partial charge in [-0.1, -0.05) is 48.5 Å². The Morgan fingerprint density at radius 3 is 2.73 bits per heavy atom. The second kappa shape index (κ2) is 5.04. The van der Waals surface area contributed by atoms with Gasteiger partial charge in [0.2, 0.25) is 0 Å². The SMILES string of the molecule is O=C(Cl)OCc1cccc2ccc3c4ccccc4[nH]c3c12. The van der Waals surface area contributed by atoms with E-state index in [1.54, 1.807) is 0 Å². The molecule has 0 saturated heterocycles. The van der Waals surface area contributed by atoms with Crippen molar-refractivity contribution in [3.05, 3.63) is 60.2 Å². The molecule has 3 nitrogen and oxygen atoms in total. The Morgan fingerprint density at radius 2 is 1.86 bits per heavy atom. The molecule has 0 unspecified atom stereocenters. The molecule has 0 aliphatic carbocycles. The standard InChI is InChI=1S/C18H12ClNO2/c19-18(21)22-10-12-5-3-4-11-8-9-14-13-6-1-2-7-15(13)20-17(14)16(11)12/h1-9,20H,10H2. The largest absolute Gasteiger partial charge is 0.449 e. The number of nitrogens with one attached hydrogen (secondary N) is 1. The number of aromatic nitrogens is 1. The topological polar surface area (TPSA) is 42.1 Å². The van der Waals surface area contributed by atoms with Gasteiger partial charge in [-0.25, -0.2) is 4.79 Å². The van der Waals surface area contributed by atoms with Gasteiger partial charge < -0.3 is 9.72 Å². The average molecular weight is 310 g/mol. The molecule has 0 spiro atoms. The number of ether oxygens (including phenoxy) is 1. The molecule has 0 bridgehead atoms. The Bertz CT molecular complexity index is 1020. The summed E-state index contributed by atoms with van der Waals surface area (Å²) < 4.78 is 4.97. The third kappa shape index (κ3) is 2.02. The first-order valence-electron chi connectivity index (χ1n) is 6.97. The van der Waals surface area contributed by atoms with Gasteiger partial charge in [0, 0.05) is 33.3 Å². The van der Waals surface area contributed by atoms with Crippen molar-refractivity contribution >= 4 is 49.6 Å². The van der Waals surface area contributed by atoms with E-state index >= 15 is 0 Å². The van der Waals surface area contributed by atoms with Gasteiger partial charge in [-0.05, 0) is 17.0 Å². The first-order valence-corrected chi connectivity index (χ1v) is 7.35. The molecule has 4 rings (SSSR count). The lowest BCUT2D eigenvalue weighted by atomic mass is 10.0. The minimum Gasteiger partial charge on any atom is -0.449 e. The zero-order chi connectivity index (χ0) is 15.1. The lowest BCUT2D eigenvalue weighted by Gasteiger charge is -2.07. The fraction of sp³-hybridized carbons (Fsp3) is 0.0556. The summed E-state index contributed by atoms with van der Waals surface area (Å²) in [5.74, 6) is 0. The number of hydrogen-bond donors (Lipinski definition) is 1. The Morgan fingerprint density at radius 1 is 1.00 bits per heavy atom. The molecule has 1 heterocycles. The van der Waals surface area contributed by atoms with Crippen LogP contribution >= 0.6 is 11.6 Å². The summed E-state index contributed by atoms with van der Waals surface area (Å²) in [5, 5.41) is 4.51. The molecule has 0 radical (unpaired) electrons. The maximum atomic E-state index is 10.9. The van der Waals surface area contributed by atoms with Gasteiger partial charge in [0.15, 0.2) is 0 Å². The van der Waals surface area contributed by atoms with Crippen molar-refractivity contribution in [2.24, 2.45) is 0 Å². The fourth-order valence-electron chi connectivity index (χ4n) is 3.03. The van der Waals surface area contributed by atoms with Crippen LogP contribution < -0.4 is 0 Å². The van der Waals surface area contributed by atoms with Crippen LogP contribution in [0, 0.1) is 0 Å². The minimum absolute atomic E-state index is 0.161. The first kappa shape index (κ1) is 13.2. The van der Waals surface area contributed by atoms with Gasteiger partial charge in [-0.2, -0.15) is 0 Å². The van der Waals surface area contributed by atoms with Crippen molar-refractivity contribution in [2.45, 2.75) is 6.61 Å². The van der Waals surface area contributed by atoms with Crippen LogP contribution in [0.1, 0.15) is 5.56 Å². The van der Waals surface area contributed by atoms with Crippen LogP contribution in [-0.2, 0) is 11.3 Å². The van der Waals surface area contributed by atoms with Gasteiger partial charge in [-0.15, -0.1) is 0 Å². The molecule has 1 aromatic heterocycles. The van der Waals surface area contributed by atoms with Crippen LogP contribution in [0.15, 0.2) is 54.6 Å². The van der Waals surface area contributed by atoms with Crippen molar-refractivity contribution in [1.82, 2.24) is 4.98 Å². The minimum atomic E-state index is -0.791. The summed E-state index contributed by atoms with van der Waals surface area (Å²) in [5.41, 5.74) is 2.29. The first-order chi connectivity index (χ1) is 10.7. The maximum Gasteiger partial charge on any atom is 0.404 e. The fourth-order valence-corrected chi connectivity index (χ4v) is 3.08. The lowest BCUT2D eigenvalue weighted by molar-refractivity contribution is 0.167. The number of halogens is 1. The van der Waals surface area contributed by atoms with Gasteiger partial charge in [0.1, 0.15) is 6.61 Å². The highest BCUT2D eigenvalue weighted by Crippen LogP contribution is 2.33. The van der Waals surface area contributed by atoms with Crippen molar-refractivity contribution in [3.63, 3.8) is 0 Å². The summed E-state index contributed by atoms with van der Waals surface area (Å²) in [4.78, 5) is 14.4. The zero-order valence-electron chi connectivity index (χ0n) is 11.6. The number of hydrogen-bond acceptors (Lipinski definition) is 2. The van der Waals surface area contributed by atoms with Crippen molar-refractivity contribution in [2.75, 3.05) is 0 Å². The van der Waals surface area contributed by atoms with Gasteiger partial charge in [0.25, 0.3) is 0 Å². The molecule has 0 atom stereocenters. The van der Waals surface area contributed by atoms with Crippen LogP contribution in [0.5, 0.6) is 0 Å². The number of benzene rings is 3. The summed E-state index contributed by atoms with van der Waals surface area (Å²) in [6.07, 6.45) is 0. The van der Waals surface area contributed by atoms with E-state index in [-0.39, 0.29) is 6.61 Å². The van der Waals surface area contributed by atoms with Crippen LogP contribution in [0.3, 0.4) is 0 Å². The van der Waals surface area contributed by atoms with Crippen molar-refractivity contribution in [3.8, 4) is 0 Å². The van der Waals surface area contributed by atoms with Gasteiger partial charge >= 0.3 is 5.43 Å². The van der Waals surface area contributed by atoms with E-state index in [0.29, 0.717) is 0 Å². The summed E-state index contributed by atoms with van der Waals surface area (Å²) in [6, 6.07) is 18.4. The summed E-state index contributed by atoms with van der Waals surface area (Å²) >= 11 is 5.29. The van der Waals surface area contributed by atoms with Crippen molar-refractivity contribution < 1.29 is 9.53 Å². The second-order valence-corrected chi connectivity index (χ2v) is 5.51. The van der Waals surface area contributed by atoms with Crippen molar-refractivity contribution in [1.29, 1.82) is 0 Å². The Kier molecular flexibility index (Phi) is 3.01. The van der Waals surface area contributed by atoms with Gasteiger partial charge in [0.05, 0.1) is 5.52 Å². The van der Waals surface area contributed by atoms with Crippen LogP contribution in [0.25, 0.3) is 32.6 Å². The molecule has 3 aromatic carbocycles. The Labute approximate surface area is 131 Å². The van der Waals surface area contributed by atoms with E-state index in [9.17, 15) is 4.79 Å². The highest BCUT2D eigenvalue weighted by Gasteiger charge is 2.11. The average Bonchev–Trinajstić information content (AvgIpc) is 2.91. The van der Waals surface area contributed by atoms with Crippen LogP contribution in [-0.4, -0.2) is 10.4 Å². The third-order valence-electron chi connectivity index (χ3n) is 3.95. The number of rotatable bonds is 2. The molecule has 4 aromatic rings. The molecule has 108 valence electrons. The number of fused-ring (bicyclic) bond motifs is 5. The second-order valence-electron chi connectivity index (χ2n) is 5.20. The lowest BCUT2D eigenvalue weighted by Crippen LogP contribution is -1.96. The van der Waals surface area contributed by atoms with Gasteiger partial charge in [-0.3, -0.25) is 0 Å². The van der Waals surface area contributed by atoms with Crippen LogP contribution in [0.4, 0.5) is 4.79 Å². The molecule has 0 saturated carbocycles. The quantitative estimate of drug-likeness (QED) is 0.507. The molecule has 4 heteroatoms. The van der Waals surface area contributed by atoms with E-state index < -0.39 is 5.43 Å². The number of carbonyl (C=O) groups excluding carboxylic acids is 1. The zero-order valence-corrected chi connectivity index (χ0v) is 12.4. The van der Waals surface area contributed by atoms with E-state index in [1.165, 1.54) is 5.39 Å². The molecule has 1 N–H and O–H groups in total. The summed E-state index contributed by atoms with van der Waals surface area (Å²) in [6.45, 7) is 0.161. The van der Waals surface area contributed by atoms with Crippen LogP contribution in [0.2, 0.25) is 0 Å². The monoisotopic (exact) mass is 309 g/mol. The number of carbonyl (C=O) groups is 1. The van der Waals surface area contributed by atoms with E-state index in [4.69, 9.17) is 16.3 Å². The highest BCUT2D eigenvalue weighted by atomic mass is 35.5. The molecule has 0 aliphatic rings. The molecular weight excluding hydrogens is 298 g/mol. The Balaban J connectivity index is 2.06. The molecule has 0 fully saturated rings. The molecule has 0 amide bonds. The predicted octanol–water partition coefficient (Wildman–Crippen LogP) is 5.35. The maximum absolute atomic E-state index is 10.9. The van der Waals surface area contributed by atoms with E-state index in [2.05, 4.69) is 29.2 Å². The van der Waals surface area contributed by atoms with E-state index in [1.807, 2.05) is 30.3 Å². The molecule has 22 heavy (non-hydrogen) atoms. The smallest absolute Gasteiger partial charge is 0.404 e. The predicted molar refractivity (Wildman–Crippen MR) is 89.3 cm³/mol. The normalized spacial score (nSPS) is 11.3. The van der Waals surface area contributed by atoms with E-state index in [0.717, 1.165) is 32.8 Å². The number of H-pyrrole nitrogens is 1. The highest BCUT2D eigenvalue weighted by molar-refractivity contribution is 6.61. The number of aromatic amines is 1. The Hall–Kier alpha value is -2.52. The summed E-state index contributed by atoms with van der Waals surface area (Å²) in [7, 11) is 0. The molecular formula is C18H12ClNO2.